The van der Waals surface area contributed by atoms with E-state index in [-0.39, 0.29) is 68.8 Å². The Kier molecular flexibility index (Phi) is 27.7. The summed E-state index contributed by atoms with van der Waals surface area (Å²) < 4.78 is 50.6. The Labute approximate surface area is 583 Å². The third kappa shape index (κ3) is 24.6. The number of ether oxygens (including phenoxy) is 6. The molecule has 0 saturated carbocycles. The van der Waals surface area contributed by atoms with E-state index in [0.29, 0.717) is 28.5 Å². The Morgan fingerprint density at radius 2 is 0.949 bits per heavy atom. The van der Waals surface area contributed by atoms with Gasteiger partial charge in [-0.3, -0.25) is 4.79 Å². The number of hydrogen-bond acceptors (Lipinski definition) is 14. The minimum Gasteiger partial charge on any atom is -0.489 e. The molecule has 0 fully saturated rings. The molecule has 530 valence electrons. The third-order valence-corrected chi connectivity index (χ3v) is 28.2. The first kappa shape index (κ1) is 78.7. The van der Waals surface area contributed by atoms with Crippen LogP contribution in [0, 0.1) is 0 Å². The van der Waals surface area contributed by atoms with Gasteiger partial charge in [-0.25, -0.2) is 24.0 Å². The molecule has 0 heterocycles. The SMILES string of the molecule is CC(C)(C)OC(=O)N[C@@H](C[C@H](CNC(=O)OCc1ccccc1)O[Si](C)(C)C(C)(C)C)C(=O)N[C@](C)(C(=O)O)[C@H](O[Si](C)(C)C(C)(C)C)c1cc(-c2ccc(OCc3ccccc3)c(C[C@H](NC(=O)OCc3ccccc3)C(=O)OCC[Si](C)(C)C)c2)ccc1OCc1ccccc1. The van der Waals surface area contributed by atoms with Gasteiger partial charge in [-0.2, -0.15) is 0 Å². The highest BCUT2D eigenvalue weighted by Gasteiger charge is 2.52. The number of nitrogens with one attached hydrogen (secondary N) is 4. The van der Waals surface area contributed by atoms with Crippen molar-refractivity contribution in [1.29, 1.82) is 0 Å². The highest BCUT2D eigenvalue weighted by atomic mass is 28.4. The second-order valence-electron chi connectivity index (χ2n) is 30.2. The monoisotopic (exact) mass is 1400 g/mol. The Balaban J connectivity index is 1.52. The van der Waals surface area contributed by atoms with E-state index in [0.717, 1.165) is 22.3 Å². The van der Waals surface area contributed by atoms with Gasteiger partial charge in [0.15, 0.2) is 22.2 Å². The molecule has 0 aliphatic carbocycles. The van der Waals surface area contributed by atoms with Gasteiger partial charge in [0, 0.05) is 33.0 Å². The van der Waals surface area contributed by atoms with E-state index in [4.69, 9.17) is 37.3 Å². The predicted molar refractivity (Wildman–Crippen MR) is 389 cm³/mol. The molecule has 0 aliphatic heterocycles. The maximum Gasteiger partial charge on any atom is 0.408 e. The van der Waals surface area contributed by atoms with Gasteiger partial charge in [0.05, 0.1) is 12.7 Å². The summed E-state index contributed by atoms with van der Waals surface area (Å²) in [5.74, 6) is -2.43. The van der Waals surface area contributed by atoms with E-state index >= 15 is 4.79 Å². The summed E-state index contributed by atoms with van der Waals surface area (Å²) >= 11 is 0. The first-order valence-corrected chi connectivity index (χ1v) is 42.9. The number of alkyl carbamates (subject to hydrolysis) is 3. The molecule has 0 aliphatic rings. The van der Waals surface area contributed by atoms with Crippen LogP contribution in [-0.2, 0) is 75.0 Å². The number of esters is 1. The van der Waals surface area contributed by atoms with E-state index in [1.807, 2.05) is 207 Å². The van der Waals surface area contributed by atoms with Gasteiger partial charge in [-0.1, -0.05) is 195 Å². The lowest BCUT2D eigenvalue weighted by atomic mass is 9.86. The predicted octanol–water partition coefficient (Wildman–Crippen LogP) is 15.9. The summed E-state index contributed by atoms with van der Waals surface area (Å²) in [7, 11) is -7.55. The number of benzene rings is 6. The van der Waals surface area contributed by atoms with Crippen molar-refractivity contribution >= 4 is 60.8 Å². The van der Waals surface area contributed by atoms with Crippen LogP contribution in [0.25, 0.3) is 11.1 Å². The van der Waals surface area contributed by atoms with Crippen LogP contribution < -0.4 is 30.7 Å². The van der Waals surface area contributed by atoms with Gasteiger partial charge in [-0.15, -0.1) is 0 Å². The fraction of sp³-hybridized carbons (Fsp3) is 0.447. The second kappa shape index (κ2) is 34.5. The first-order chi connectivity index (χ1) is 45.8. The van der Waals surface area contributed by atoms with Crippen LogP contribution in [0.2, 0.25) is 61.9 Å². The number of carboxylic acid groups (broad SMARTS) is 1. The maximum absolute atomic E-state index is 15.7. The van der Waals surface area contributed by atoms with Crippen LogP contribution in [0.1, 0.15) is 115 Å². The number of rotatable bonds is 32. The maximum atomic E-state index is 15.7. The zero-order valence-corrected chi connectivity index (χ0v) is 63.3. The Morgan fingerprint density at radius 1 is 0.500 bits per heavy atom. The topological polar surface area (TPSA) is 245 Å². The molecule has 0 saturated heterocycles. The molecule has 98 heavy (non-hydrogen) atoms. The van der Waals surface area contributed by atoms with Gasteiger partial charge in [0.25, 0.3) is 0 Å². The van der Waals surface area contributed by atoms with Crippen LogP contribution in [0.15, 0.2) is 158 Å². The zero-order valence-electron chi connectivity index (χ0n) is 60.3. The Hall–Kier alpha value is -8.29. The average Bonchev–Trinajstić information content (AvgIpc) is 0.757. The van der Waals surface area contributed by atoms with Crippen molar-refractivity contribution < 1.29 is 71.1 Å². The van der Waals surface area contributed by atoms with E-state index in [1.165, 1.54) is 6.92 Å². The molecule has 0 unspecified atom stereocenters. The standard InChI is InChI=1S/C76H104N4O15Si3/c1-73(2,3)93-72(87)78-62(47-60(94-97(14,15)74(4,5)6)48-77-70(85)91-51-55-34-26-20-27-35-55)67(81)80-76(10,69(83)84)66(95-98(16,17)75(7,8)9)61-45-58(39-41-65(61)90-50-54-32-24-19-25-33-54)57-38-40-64(89-49-53-30-22-18-23-31-53)59(44-57)46-63(68(82)88-42-43-96(11,12)13)79-71(86)92-52-56-36-28-21-29-37-56/h18-41,44-45,60,62-63,66H,42-43,46-52H2,1-17H3,(H,77,85)(H,78,87)(H,79,86)(H,80,81)(H,83,84)/t60-,62+,63+,66-,76+/m1/s1. The molecule has 5 N–H and O–H groups in total. The summed E-state index contributed by atoms with van der Waals surface area (Å²) in [5, 5.41) is 22.3. The summed E-state index contributed by atoms with van der Waals surface area (Å²) in [4.78, 5) is 86.0. The highest BCUT2D eigenvalue weighted by Crippen LogP contribution is 2.47. The smallest absolute Gasteiger partial charge is 0.408 e. The number of carbonyl (C=O) groups excluding carboxylic acids is 5. The quantitative estimate of drug-likeness (QED) is 0.0150. The van der Waals surface area contributed by atoms with Gasteiger partial charge in [0.2, 0.25) is 5.91 Å². The molecule has 6 aromatic carbocycles. The van der Waals surface area contributed by atoms with E-state index < -0.39 is 101 Å². The molecule has 0 radical (unpaired) electrons. The molecule has 6 rings (SSSR count). The van der Waals surface area contributed by atoms with Crippen LogP contribution >= 0.6 is 0 Å². The lowest BCUT2D eigenvalue weighted by Crippen LogP contribution is -2.63. The van der Waals surface area contributed by atoms with Gasteiger partial charge in [-0.05, 0) is 133 Å². The number of hydrogen-bond donors (Lipinski definition) is 5. The molecule has 0 aromatic heterocycles. The van der Waals surface area contributed by atoms with Crippen LogP contribution in [0.3, 0.4) is 0 Å². The average molecular weight is 1400 g/mol. The van der Waals surface area contributed by atoms with Crippen molar-refractivity contribution in [1.82, 2.24) is 21.3 Å². The summed E-state index contributed by atoms with van der Waals surface area (Å²) in [5.41, 5.74) is 1.70. The lowest BCUT2D eigenvalue weighted by molar-refractivity contribution is -0.152. The molecule has 0 bridgehead atoms. The zero-order chi connectivity index (χ0) is 72.3. The lowest BCUT2D eigenvalue weighted by Gasteiger charge is -2.45. The second-order valence-corrected chi connectivity index (χ2v) is 45.3. The summed E-state index contributed by atoms with van der Waals surface area (Å²) in [6.07, 6.45) is -5.40. The third-order valence-electron chi connectivity index (χ3n) is 17.5. The van der Waals surface area contributed by atoms with Crippen LogP contribution in [0.5, 0.6) is 11.5 Å². The van der Waals surface area contributed by atoms with Crippen molar-refractivity contribution in [3.05, 3.63) is 191 Å². The molecule has 22 heteroatoms. The van der Waals surface area contributed by atoms with Crippen molar-refractivity contribution in [3.8, 4) is 22.6 Å². The Bertz CT molecular complexity index is 3590. The van der Waals surface area contributed by atoms with Crippen molar-refractivity contribution in [2.75, 3.05) is 13.2 Å². The van der Waals surface area contributed by atoms with Crippen LogP contribution in [-0.4, -0.2) is 108 Å². The number of aliphatic carboxylic acids is 1. The van der Waals surface area contributed by atoms with Crippen LogP contribution in [0.4, 0.5) is 14.4 Å². The molecule has 6 aromatic rings. The van der Waals surface area contributed by atoms with E-state index in [2.05, 4.69) is 40.9 Å². The van der Waals surface area contributed by atoms with Crippen molar-refractivity contribution in [3.63, 3.8) is 0 Å². The summed E-state index contributed by atoms with van der Waals surface area (Å²) in [6, 6.07) is 46.1. The van der Waals surface area contributed by atoms with Crippen molar-refractivity contribution in [2.45, 2.75) is 206 Å². The number of carbonyl (C=O) groups is 6. The first-order valence-electron chi connectivity index (χ1n) is 33.4. The fourth-order valence-electron chi connectivity index (χ4n) is 9.69. The largest absolute Gasteiger partial charge is 0.489 e. The molecule has 19 nitrogen and oxygen atoms in total. The van der Waals surface area contributed by atoms with Gasteiger partial charge >= 0.3 is 30.2 Å². The minimum atomic E-state index is -3.14. The molecule has 5 atom stereocenters. The normalized spacial score (nSPS) is 14.0. The minimum absolute atomic E-state index is 0.0122. The number of carboxylic acids is 1. The van der Waals surface area contributed by atoms with E-state index in [9.17, 15) is 29.1 Å². The van der Waals surface area contributed by atoms with Gasteiger partial charge in [0.1, 0.15) is 61.7 Å². The van der Waals surface area contributed by atoms with Crippen molar-refractivity contribution in [2.24, 2.45) is 0 Å². The van der Waals surface area contributed by atoms with E-state index in [1.54, 1.807) is 39.0 Å². The molecule has 0 spiro atoms. The fourth-order valence-corrected chi connectivity index (χ4v) is 13.1. The molecular weight excluding hydrogens is 1290 g/mol. The molecule has 4 amide bonds. The highest BCUT2D eigenvalue weighted by molar-refractivity contribution is 6.76. The Morgan fingerprint density at radius 3 is 1.43 bits per heavy atom. The summed E-state index contributed by atoms with van der Waals surface area (Å²) in [6.45, 7) is 33.2. The van der Waals surface area contributed by atoms with Gasteiger partial charge < -0.3 is 63.6 Å². The number of amides is 4. The molecular formula is C76H104N4O15Si3.